The van der Waals surface area contributed by atoms with E-state index in [0.717, 1.165) is 4.88 Å². The SMILES string of the molecule is CCNC(=O)OC1COC2C(NC(=O)Cc3cccs3)COC12. The summed E-state index contributed by atoms with van der Waals surface area (Å²) in [6.45, 7) is 2.97. The summed E-state index contributed by atoms with van der Waals surface area (Å²) >= 11 is 1.55. The number of fused-ring (bicyclic) bond motifs is 1. The van der Waals surface area contributed by atoms with E-state index < -0.39 is 12.2 Å². The van der Waals surface area contributed by atoms with Gasteiger partial charge in [-0.3, -0.25) is 4.79 Å². The summed E-state index contributed by atoms with van der Waals surface area (Å²) in [5, 5.41) is 7.47. The van der Waals surface area contributed by atoms with E-state index in [1.165, 1.54) is 0 Å². The zero-order valence-corrected chi connectivity index (χ0v) is 13.6. The number of amides is 2. The van der Waals surface area contributed by atoms with Crippen LogP contribution < -0.4 is 10.6 Å². The lowest BCUT2D eigenvalue weighted by molar-refractivity contribution is -0.121. The van der Waals surface area contributed by atoms with Crippen molar-refractivity contribution < 1.29 is 23.8 Å². The Morgan fingerprint density at radius 1 is 1.35 bits per heavy atom. The summed E-state index contributed by atoms with van der Waals surface area (Å²) in [7, 11) is 0. The minimum Gasteiger partial charge on any atom is -0.441 e. The number of hydrogen-bond donors (Lipinski definition) is 2. The molecule has 7 nitrogen and oxygen atoms in total. The lowest BCUT2D eigenvalue weighted by atomic mass is 10.1. The lowest BCUT2D eigenvalue weighted by Crippen LogP contribution is -2.45. The van der Waals surface area contributed by atoms with Gasteiger partial charge in [-0.05, 0) is 18.4 Å². The van der Waals surface area contributed by atoms with Crippen LogP contribution in [0.3, 0.4) is 0 Å². The molecule has 4 atom stereocenters. The maximum Gasteiger partial charge on any atom is 0.407 e. The highest BCUT2D eigenvalue weighted by Gasteiger charge is 2.49. The molecule has 23 heavy (non-hydrogen) atoms. The average Bonchev–Trinajstić information content (AvgIpc) is 3.20. The molecular formula is C15H20N2O5S. The van der Waals surface area contributed by atoms with Crippen molar-refractivity contribution >= 4 is 23.3 Å². The number of thiophene rings is 1. The summed E-state index contributed by atoms with van der Waals surface area (Å²) in [4.78, 5) is 24.6. The number of carbonyl (C=O) groups is 2. The zero-order valence-electron chi connectivity index (χ0n) is 12.8. The topological polar surface area (TPSA) is 85.9 Å². The van der Waals surface area contributed by atoms with Crippen LogP contribution in [0.5, 0.6) is 0 Å². The molecule has 2 aliphatic heterocycles. The van der Waals surface area contributed by atoms with Crippen molar-refractivity contribution in [1.82, 2.24) is 10.6 Å². The molecule has 2 saturated heterocycles. The van der Waals surface area contributed by atoms with Crippen LogP contribution in [0.25, 0.3) is 0 Å². The molecule has 0 aliphatic carbocycles. The molecule has 2 amide bonds. The Balaban J connectivity index is 1.50. The Morgan fingerprint density at radius 3 is 2.91 bits per heavy atom. The number of carbonyl (C=O) groups excluding carboxylic acids is 2. The van der Waals surface area contributed by atoms with Gasteiger partial charge in [0.25, 0.3) is 0 Å². The zero-order chi connectivity index (χ0) is 16.2. The second-order valence-corrected chi connectivity index (χ2v) is 6.53. The van der Waals surface area contributed by atoms with Gasteiger partial charge in [-0.1, -0.05) is 6.07 Å². The predicted molar refractivity (Wildman–Crippen MR) is 83.4 cm³/mol. The van der Waals surface area contributed by atoms with Gasteiger partial charge in [0.15, 0.2) is 6.10 Å². The molecule has 2 aliphatic rings. The predicted octanol–water partition coefficient (Wildman–Crippen LogP) is 0.688. The van der Waals surface area contributed by atoms with Crippen LogP contribution in [0.4, 0.5) is 4.79 Å². The second kappa shape index (κ2) is 7.29. The van der Waals surface area contributed by atoms with Crippen LogP contribution in [0.1, 0.15) is 11.8 Å². The standard InChI is InChI=1S/C15H20N2O5S/c1-2-16-15(19)22-11-8-21-13-10(7-20-14(11)13)17-12(18)6-9-4-3-5-23-9/h3-5,10-11,13-14H,2,6-8H2,1H3,(H,16,19)(H,17,18). The Morgan fingerprint density at radius 2 is 2.17 bits per heavy atom. The molecule has 0 saturated carbocycles. The van der Waals surface area contributed by atoms with Crippen LogP contribution in [-0.2, 0) is 25.4 Å². The van der Waals surface area contributed by atoms with Crippen molar-refractivity contribution in [2.24, 2.45) is 0 Å². The fourth-order valence-corrected chi connectivity index (χ4v) is 3.55. The fraction of sp³-hybridized carbons (Fsp3) is 0.600. The van der Waals surface area contributed by atoms with Gasteiger partial charge in [0, 0.05) is 11.4 Å². The minimum absolute atomic E-state index is 0.0570. The van der Waals surface area contributed by atoms with E-state index in [1.54, 1.807) is 11.3 Å². The monoisotopic (exact) mass is 340 g/mol. The van der Waals surface area contributed by atoms with Crippen molar-refractivity contribution in [3.05, 3.63) is 22.4 Å². The molecule has 2 N–H and O–H groups in total. The largest absolute Gasteiger partial charge is 0.441 e. The minimum atomic E-state index is -0.476. The van der Waals surface area contributed by atoms with Gasteiger partial charge < -0.3 is 24.8 Å². The summed E-state index contributed by atoms with van der Waals surface area (Å²) < 4.78 is 16.6. The first-order chi connectivity index (χ1) is 11.2. The van der Waals surface area contributed by atoms with Crippen molar-refractivity contribution in [3.8, 4) is 0 Å². The quantitative estimate of drug-likeness (QED) is 0.824. The van der Waals surface area contributed by atoms with Crippen molar-refractivity contribution in [1.29, 1.82) is 0 Å². The van der Waals surface area contributed by atoms with Crippen LogP contribution in [0.15, 0.2) is 17.5 Å². The number of hydrogen-bond acceptors (Lipinski definition) is 6. The first kappa shape index (κ1) is 16.2. The molecule has 4 unspecified atom stereocenters. The third kappa shape index (κ3) is 3.82. The first-order valence-corrected chi connectivity index (χ1v) is 8.54. The molecule has 0 radical (unpaired) electrons. The molecule has 0 aromatic carbocycles. The van der Waals surface area contributed by atoms with E-state index in [9.17, 15) is 9.59 Å². The van der Waals surface area contributed by atoms with Gasteiger partial charge in [-0.25, -0.2) is 4.79 Å². The third-order valence-electron chi connectivity index (χ3n) is 3.85. The van der Waals surface area contributed by atoms with Gasteiger partial charge in [0.05, 0.1) is 25.7 Å². The maximum atomic E-state index is 12.1. The van der Waals surface area contributed by atoms with Gasteiger partial charge in [0.1, 0.15) is 12.2 Å². The van der Waals surface area contributed by atoms with Crippen molar-refractivity contribution in [2.75, 3.05) is 19.8 Å². The Bertz CT molecular complexity index is 550. The van der Waals surface area contributed by atoms with E-state index in [4.69, 9.17) is 14.2 Å². The molecule has 2 fully saturated rings. The number of nitrogens with one attached hydrogen (secondary N) is 2. The highest BCUT2D eigenvalue weighted by Crippen LogP contribution is 2.29. The second-order valence-electron chi connectivity index (χ2n) is 5.50. The van der Waals surface area contributed by atoms with Crippen LogP contribution in [0.2, 0.25) is 0 Å². The molecule has 126 valence electrons. The van der Waals surface area contributed by atoms with Crippen LogP contribution in [0, 0.1) is 0 Å². The third-order valence-corrected chi connectivity index (χ3v) is 4.73. The molecular weight excluding hydrogens is 320 g/mol. The van der Waals surface area contributed by atoms with E-state index in [1.807, 2.05) is 24.4 Å². The van der Waals surface area contributed by atoms with Gasteiger partial charge >= 0.3 is 6.09 Å². The summed E-state index contributed by atoms with van der Waals surface area (Å²) in [5.41, 5.74) is 0. The number of rotatable bonds is 5. The fourth-order valence-electron chi connectivity index (χ4n) is 2.84. The normalized spacial score (nSPS) is 29.1. The highest BCUT2D eigenvalue weighted by atomic mass is 32.1. The molecule has 1 aromatic heterocycles. The summed E-state index contributed by atoms with van der Waals surface area (Å²) in [6, 6.07) is 3.64. The summed E-state index contributed by atoms with van der Waals surface area (Å²) in [5.74, 6) is -0.0570. The van der Waals surface area contributed by atoms with E-state index in [0.29, 0.717) is 19.6 Å². The summed E-state index contributed by atoms with van der Waals surface area (Å²) in [6.07, 6.45) is -1.17. The molecule has 3 rings (SSSR count). The van der Waals surface area contributed by atoms with E-state index in [2.05, 4.69) is 10.6 Å². The van der Waals surface area contributed by atoms with Crippen molar-refractivity contribution in [2.45, 2.75) is 37.7 Å². The van der Waals surface area contributed by atoms with Gasteiger partial charge in [-0.15, -0.1) is 11.3 Å². The Labute approximate surface area is 138 Å². The van der Waals surface area contributed by atoms with E-state index in [-0.39, 0.29) is 30.8 Å². The van der Waals surface area contributed by atoms with Crippen LogP contribution >= 0.6 is 11.3 Å². The Hall–Kier alpha value is -1.64. The number of ether oxygens (including phenoxy) is 3. The van der Waals surface area contributed by atoms with Crippen LogP contribution in [-0.4, -0.2) is 56.1 Å². The molecule has 0 spiro atoms. The number of alkyl carbamates (subject to hydrolysis) is 1. The smallest absolute Gasteiger partial charge is 0.407 e. The molecule has 1 aromatic rings. The Kier molecular flexibility index (Phi) is 5.14. The van der Waals surface area contributed by atoms with Crippen molar-refractivity contribution in [3.63, 3.8) is 0 Å². The van der Waals surface area contributed by atoms with Gasteiger partial charge in [-0.2, -0.15) is 0 Å². The van der Waals surface area contributed by atoms with E-state index >= 15 is 0 Å². The lowest BCUT2D eigenvalue weighted by Gasteiger charge is -2.17. The molecule has 3 heterocycles. The highest BCUT2D eigenvalue weighted by molar-refractivity contribution is 7.10. The first-order valence-electron chi connectivity index (χ1n) is 7.66. The maximum absolute atomic E-state index is 12.1. The molecule has 8 heteroatoms. The average molecular weight is 340 g/mol. The van der Waals surface area contributed by atoms with Gasteiger partial charge in [0.2, 0.25) is 5.91 Å². The molecule has 0 bridgehead atoms.